The molecule has 0 N–H and O–H groups in total. The Morgan fingerprint density at radius 2 is 1.76 bits per heavy atom. The van der Waals surface area contributed by atoms with Gasteiger partial charge in [0.2, 0.25) is 0 Å². The Labute approximate surface area is 151 Å². The van der Waals surface area contributed by atoms with Crippen molar-refractivity contribution in [2.24, 2.45) is 7.05 Å². The summed E-state index contributed by atoms with van der Waals surface area (Å²) >= 11 is 1.34. The summed E-state index contributed by atoms with van der Waals surface area (Å²) in [5, 5.41) is 8.78. The van der Waals surface area contributed by atoms with Crippen LogP contribution in [-0.2, 0) is 16.6 Å². The molecule has 0 aliphatic heterocycles. The van der Waals surface area contributed by atoms with Crippen molar-refractivity contribution in [2.75, 3.05) is 7.11 Å². The fourth-order valence-electron chi connectivity index (χ4n) is 2.57. The molecule has 0 bridgehead atoms. The number of methoxy groups -OCH3 is 1. The molecular formula is C19H19N3O2S. The normalized spacial score (nSPS) is 12.0. The number of hydrogen-bond donors (Lipinski definition) is 0. The Hall–Kier alpha value is -2.60. The third-order valence-electron chi connectivity index (χ3n) is 3.96. The first-order valence-corrected chi connectivity index (χ1v) is 8.74. The minimum atomic E-state index is -0.487. The number of thioether (sulfide) groups is 1. The maximum absolute atomic E-state index is 12.3. The van der Waals surface area contributed by atoms with Gasteiger partial charge in [-0.2, -0.15) is 0 Å². The van der Waals surface area contributed by atoms with Crippen molar-refractivity contribution in [3.05, 3.63) is 65.7 Å². The van der Waals surface area contributed by atoms with Crippen molar-refractivity contribution in [3.8, 4) is 11.4 Å². The van der Waals surface area contributed by atoms with Gasteiger partial charge in [-0.3, -0.25) is 4.79 Å². The number of aromatic nitrogens is 3. The van der Waals surface area contributed by atoms with Gasteiger partial charge in [0.1, 0.15) is 5.25 Å². The van der Waals surface area contributed by atoms with Crippen molar-refractivity contribution in [1.82, 2.24) is 14.8 Å². The Morgan fingerprint density at radius 1 is 1.08 bits per heavy atom. The van der Waals surface area contributed by atoms with E-state index in [4.69, 9.17) is 4.74 Å². The lowest BCUT2D eigenvalue weighted by atomic mass is 10.1. The quantitative estimate of drug-likeness (QED) is 0.516. The molecule has 6 heteroatoms. The first kappa shape index (κ1) is 17.2. The zero-order valence-corrected chi connectivity index (χ0v) is 15.2. The summed E-state index contributed by atoms with van der Waals surface area (Å²) in [5.74, 6) is 0.467. The van der Waals surface area contributed by atoms with Crippen molar-refractivity contribution in [3.63, 3.8) is 0 Å². The van der Waals surface area contributed by atoms with E-state index in [0.29, 0.717) is 5.16 Å². The van der Waals surface area contributed by atoms with E-state index in [2.05, 4.69) is 10.2 Å². The zero-order valence-electron chi connectivity index (χ0n) is 14.3. The first-order chi connectivity index (χ1) is 12.1. The van der Waals surface area contributed by atoms with E-state index >= 15 is 0 Å². The molecule has 3 rings (SSSR count). The molecule has 0 amide bonds. The molecule has 0 radical (unpaired) electrons. The highest BCUT2D eigenvalue weighted by atomic mass is 32.2. The number of nitrogens with zero attached hydrogens (tertiary/aromatic N) is 3. The van der Waals surface area contributed by atoms with Crippen LogP contribution in [0.2, 0.25) is 0 Å². The van der Waals surface area contributed by atoms with Crippen LogP contribution in [0, 0.1) is 6.92 Å². The topological polar surface area (TPSA) is 57.0 Å². The van der Waals surface area contributed by atoms with Crippen molar-refractivity contribution in [2.45, 2.75) is 17.3 Å². The number of benzene rings is 2. The predicted octanol–water partition coefficient (Wildman–Crippen LogP) is 3.80. The van der Waals surface area contributed by atoms with E-state index in [9.17, 15) is 4.79 Å². The minimum absolute atomic E-state index is 0.309. The molecule has 2 aromatic carbocycles. The Balaban J connectivity index is 1.94. The smallest absolute Gasteiger partial charge is 0.323 e. The number of esters is 1. The van der Waals surface area contributed by atoms with Gasteiger partial charge in [-0.05, 0) is 18.1 Å². The predicted molar refractivity (Wildman–Crippen MR) is 98.2 cm³/mol. The summed E-state index contributed by atoms with van der Waals surface area (Å²) < 4.78 is 6.88. The second kappa shape index (κ2) is 7.53. The van der Waals surface area contributed by atoms with Crippen LogP contribution in [0.5, 0.6) is 0 Å². The molecule has 0 aliphatic rings. The minimum Gasteiger partial charge on any atom is -0.468 e. The molecule has 1 heterocycles. The van der Waals surface area contributed by atoms with E-state index in [1.165, 1.54) is 18.9 Å². The lowest BCUT2D eigenvalue weighted by molar-refractivity contribution is -0.140. The molecule has 5 nitrogen and oxygen atoms in total. The van der Waals surface area contributed by atoms with Crippen LogP contribution in [0.1, 0.15) is 16.4 Å². The van der Waals surface area contributed by atoms with Gasteiger partial charge in [0, 0.05) is 12.6 Å². The zero-order chi connectivity index (χ0) is 17.8. The lowest BCUT2D eigenvalue weighted by Crippen LogP contribution is -2.12. The molecule has 128 valence electrons. The van der Waals surface area contributed by atoms with Crippen LogP contribution in [-0.4, -0.2) is 27.8 Å². The molecule has 25 heavy (non-hydrogen) atoms. The summed E-state index contributed by atoms with van der Waals surface area (Å²) in [6, 6.07) is 17.6. The molecular weight excluding hydrogens is 334 g/mol. The third kappa shape index (κ3) is 3.58. The average Bonchev–Trinajstić information content (AvgIpc) is 3.00. The Kier molecular flexibility index (Phi) is 5.19. The summed E-state index contributed by atoms with van der Waals surface area (Å²) in [6.45, 7) is 2.04. The van der Waals surface area contributed by atoms with Gasteiger partial charge in [-0.25, -0.2) is 0 Å². The first-order valence-electron chi connectivity index (χ1n) is 7.86. The lowest BCUT2D eigenvalue weighted by Gasteiger charge is -2.14. The second-order valence-corrected chi connectivity index (χ2v) is 6.68. The standard InChI is InChI=1S/C19H19N3O2S/c1-13-9-7-8-12-15(13)17-20-21-19(22(17)2)25-16(18(23)24-3)14-10-5-4-6-11-14/h4-12,16H,1-3H3. The Morgan fingerprint density at radius 3 is 2.44 bits per heavy atom. The maximum atomic E-state index is 12.3. The van der Waals surface area contributed by atoms with Crippen molar-refractivity contribution < 1.29 is 9.53 Å². The van der Waals surface area contributed by atoms with E-state index in [0.717, 1.165) is 22.5 Å². The van der Waals surface area contributed by atoms with E-state index < -0.39 is 5.25 Å². The fourth-order valence-corrected chi connectivity index (χ4v) is 3.60. The maximum Gasteiger partial charge on any atom is 0.323 e. The number of carbonyl (C=O) groups excluding carboxylic acids is 1. The monoisotopic (exact) mass is 353 g/mol. The highest BCUT2D eigenvalue weighted by Crippen LogP contribution is 2.36. The van der Waals surface area contributed by atoms with Gasteiger partial charge in [0.05, 0.1) is 7.11 Å². The van der Waals surface area contributed by atoms with Gasteiger partial charge in [0.15, 0.2) is 11.0 Å². The number of hydrogen-bond acceptors (Lipinski definition) is 5. The molecule has 1 aromatic heterocycles. The van der Waals surface area contributed by atoms with Gasteiger partial charge in [-0.1, -0.05) is 66.4 Å². The number of aryl methyl sites for hydroxylation is 1. The Bertz CT molecular complexity index is 877. The van der Waals surface area contributed by atoms with Crippen LogP contribution in [0.3, 0.4) is 0 Å². The van der Waals surface area contributed by atoms with Crippen LogP contribution >= 0.6 is 11.8 Å². The molecule has 0 saturated carbocycles. The van der Waals surface area contributed by atoms with Gasteiger partial charge in [-0.15, -0.1) is 10.2 Å². The molecule has 3 aromatic rings. The van der Waals surface area contributed by atoms with Crippen LogP contribution < -0.4 is 0 Å². The van der Waals surface area contributed by atoms with Gasteiger partial charge >= 0.3 is 5.97 Å². The molecule has 0 aliphatic carbocycles. The fraction of sp³-hybridized carbons (Fsp3) is 0.211. The van der Waals surface area contributed by atoms with Gasteiger partial charge in [0.25, 0.3) is 0 Å². The second-order valence-electron chi connectivity index (χ2n) is 5.61. The molecule has 0 spiro atoms. The largest absolute Gasteiger partial charge is 0.468 e. The van der Waals surface area contributed by atoms with Crippen LogP contribution in [0.25, 0.3) is 11.4 Å². The molecule has 1 unspecified atom stereocenters. The summed E-state index contributed by atoms with van der Waals surface area (Å²) in [6.07, 6.45) is 0. The molecule has 0 fully saturated rings. The van der Waals surface area contributed by atoms with E-state index in [-0.39, 0.29) is 5.97 Å². The van der Waals surface area contributed by atoms with E-state index in [1.807, 2.05) is 73.1 Å². The van der Waals surface area contributed by atoms with Crippen LogP contribution in [0.15, 0.2) is 59.8 Å². The summed E-state index contributed by atoms with van der Waals surface area (Å²) in [5.41, 5.74) is 3.03. The average molecular weight is 353 g/mol. The summed E-state index contributed by atoms with van der Waals surface area (Å²) in [7, 11) is 3.30. The van der Waals surface area contributed by atoms with Crippen molar-refractivity contribution in [1.29, 1.82) is 0 Å². The van der Waals surface area contributed by atoms with Gasteiger partial charge < -0.3 is 9.30 Å². The highest BCUT2D eigenvalue weighted by molar-refractivity contribution is 8.00. The number of ether oxygens (including phenoxy) is 1. The third-order valence-corrected chi connectivity index (χ3v) is 5.23. The molecule has 0 saturated heterocycles. The SMILES string of the molecule is COC(=O)C(Sc1nnc(-c2ccccc2C)n1C)c1ccccc1. The van der Waals surface area contributed by atoms with Crippen LogP contribution in [0.4, 0.5) is 0 Å². The van der Waals surface area contributed by atoms with Crippen molar-refractivity contribution >= 4 is 17.7 Å². The highest BCUT2D eigenvalue weighted by Gasteiger charge is 2.26. The number of carbonyl (C=O) groups is 1. The van der Waals surface area contributed by atoms with E-state index in [1.54, 1.807) is 0 Å². The number of rotatable bonds is 5. The molecule has 1 atom stereocenters. The summed E-state index contributed by atoms with van der Waals surface area (Å²) in [4.78, 5) is 12.3.